The highest BCUT2D eigenvalue weighted by molar-refractivity contribution is 6.02. The summed E-state index contributed by atoms with van der Waals surface area (Å²) in [4.78, 5) is 22.8. The lowest BCUT2D eigenvalue weighted by Crippen LogP contribution is -2.27. The number of amidine groups is 1. The number of alkyl halides is 4. The molecule has 1 amide bonds. The van der Waals surface area contributed by atoms with Crippen LogP contribution in [0, 0.1) is 5.82 Å². The average molecular weight is 431 g/mol. The fourth-order valence-electron chi connectivity index (χ4n) is 2.26. The van der Waals surface area contributed by atoms with Gasteiger partial charge in [-0.05, 0) is 25.1 Å². The van der Waals surface area contributed by atoms with Crippen LogP contribution in [0.5, 0.6) is 0 Å². The van der Waals surface area contributed by atoms with Crippen LogP contribution in [0.15, 0.2) is 35.6 Å². The van der Waals surface area contributed by atoms with Gasteiger partial charge in [-0.2, -0.15) is 8.78 Å². The first-order valence-corrected chi connectivity index (χ1v) is 8.60. The number of hydrogen-bond acceptors (Lipinski definition) is 5. The van der Waals surface area contributed by atoms with E-state index in [1.807, 2.05) is 0 Å². The topological polar surface area (TPSA) is 102 Å². The number of halogens is 5. The number of nitrogens with one attached hydrogen (secondary N) is 1. The molecule has 0 aliphatic heterocycles. The van der Waals surface area contributed by atoms with Crippen molar-refractivity contribution in [1.29, 1.82) is 0 Å². The quantitative estimate of drug-likeness (QED) is 0.360. The Kier molecular flexibility index (Phi) is 7.75. The molecule has 0 bridgehead atoms. The minimum absolute atomic E-state index is 0.0220. The van der Waals surface area contributed by atoms with Gasteiger partial charge in [0.15, 0.2) is 0 Å². The summed E-state index contributed by atoms with van der Waals surface area (Å²) in [6, 6.07) is 2.54. The zero-order chi connectivity index (χ0) is 22.3. The molecule has 0 fully saturated rings. The van der Waals surface area contributed by atoms with Crippen molar-refractivity contribution in [3.63, 3.8) is 0 Å². The van der Waals surface area contributed by atoms with Gasteiger partial charge in [0.2, 0.25) is 0 Å². The molecule has 0 saturated carbocycles. The van der Waals surface area contributed by atoms with Gasteiger partial charge < -0.3 is 15.8 Å². The number of carbonyl (C=O) groups is 1. The summed E-state index contributed by atoms with van der Waals surface area (Å²) >= 11 is 0. The van der Waals surface area contributed by atoms with E-state index in [9.17, 15) is 26.7 Å². The van der Waals surface area contributed by atoms with E-state index in [1.54, 1.807) is 6.92 Å². The Morgan fingerprint density at radius 3 is 2.63 bits per heavy atom. The molecule has 0 aliphatic rings. The predicted octanol–water partition coefficient (Wildman–Crippen LogP) is 3.29. The second kappa shape index (κ2) is 10.1. The molecule has 0 saturated heterocycles. The average Bonchev–Trinajstić information content (AvgIpc) is 2.69. The number of anilines is 1. The summed E-state index contributed by atoms with van der Waals surface area (Å²) in [7, 11) is 0. The molecule has 0 unspecified atom stereocenters. The first-order chi connectivity index (χ1) is 14.1. The molecule has 0 aliphatic carbocycles. The Bertz CT molecular complexity index is 906. The van der Waals surface area contributed by atoms with Crippen LogP contribution in [-0.4, -0.2) is 41.5 Å². The predicted molar refractivity (Wildman–Crippen MR) is 98.2 cm³/mol. The van der Waals surface area contributed by atoms with Crippen molar-refractivity contribution in [2.75, 3.05) is 25.1 Å². The molecule has 2 rings (SSSR count). The van der Waals surface area contributed by atoms with Crippen molar-refractivity contribution >= 4 is 17.4 Å². The molecule has 3 N–H and O–H groups in total. The summed E-state index contributed by atoms with van der Waals surface area (Å²) in [6.07, 6.45) is -1.33. The number of ether oxygens (including phenoxy) is 1. The maximum Gasteiger partial charge on any atom is 0.298 e. The summed E-state index contributed by atoms with van der Waals surface area (Å²) in [5.74, 6) is -5.81. The van der Waals surface area contributed by atoms with Gasteiger partial charge in [-0.15, -0.1) is 0 Å². The van der Waals surface area contributed by atoms with Crippen molar-refractivity contribution in [2.24, 2.45) is 10.7 Å². The van der Waals surface area contributed by atoms with Gasteiger partial charge in [0.1, 0.15) is 36.3 Å². The van der Waals surface area contributed by atoms with Gasteiger partial charge >= 0.3 is 0 Å². The number of rotatable bonds is 9. The number of carbonyl (C=O) groups excluding carboxylic acids is 1. The molecular weight excluding hydrogens is 413 g/mol. The number of nitrogens with zero attached hydrogens (tertiary/aromatic N) is 3. The molecule has 12 heteroatoms. The Morgan fingerprint density at radius 2 is 2.03 bits per heavy atom. The molecule has 2 aromatic rings. The van der Waals surface area contributed by atoms with E-state index in [4.69, 9.17) is 10.5 Å². The van der Waals surface area contributed by atoms with Crippen LogP contribution in [0.4, 0.5) is 27.6 Å². The maximum absolute atomic E-state index is 14.4. The van der Waals surface area contributed by atoms with Crippen LogP contribution in [0.3, 0.4) is 0 Å². The largest absolute Gasteiger partial charge is 0.386 e. The van der Waals surface area contributed by atoms with Gasteiger partial charge in [-0.1, -0.05) is 0 Å². The fraction of sp³-hybridized carbons (Fsp3) is 0.333. The van der Waals surface area contributed by atoms with Gasteiger partial charge in [0.05, 0.1) is 18.0 Å². The standard InChI is InChI=1S/C18H18F5N5O2/c1-2-25-15(24)8-30-9-18(22,23)11-5-10(3-4-12(11)19)28-17(29)14-7-26-13(6-27-14)16(20)21/h3-7,16H,2,8-9H2,1H3,(H2,24,25)(H,28,29). The molecule has 7 nitrogen and oxygen atoms in total. The molecule has 1 heterocycles. The minimum atomic E-state index is -3.73. The highest BCUT2D eigenvalue weighted by atomic mass is 19.3. The molecule has 30 heavy (non-hydrogen) atoms. The number of nitrogens with two attached hydrogens (primary N) is 1. The lowest BCUT2D eigenvalue weighted by atomic mass is 10.1. The van der Waals surface area contributed by atoms with Crippen molar-refractivity contribution in [3.8, 4) is 0 Å². The normalized spacial score (nSPS) is 12.3. The molecular formula is C18H18F5N5O2. The van der Waals surface area contributed by atoms with E-state index in [1.165, 1.54) is 0 Å². The van der Waals surface area contributed by atoms with E-state index in [0.29, 0.717) is 12.7 Å². The molecule has 1 aromatic carbocycles. The highest BCUT2D eigenvalue weighted by Crippen LogP contribution is 2.32. The van der Waals surface area contributed by atoms with Crippen LogP contribution in [0.1, 0.15) is 35.1 Å². The Labute approximate surface area is 168 Å². The molecule has 0 atom stereocenters. The molecule has 1 aromatic heterocycles. The van der Waals surface area contributed by atoms with E-state index < -0.39 is 41.9 Å². The number of benzene rings is 1. The zero-order valence-corrected chi connectivity index (χ0v) is 15.7. The van der Waals surface area contributed by atoms with E-state index in [2.05, 4.69) is 20.3 Å². The number of amides is 1. The second-order valence-electron chi connectivity index (χ2n) is 5.94. The monoisotopic (exact) mass is 431 g/mol. The fourth-order valence-corrected chi connectivity index (χ4v) is 2.26. The number of aromatic nitrogens is 2. The number of aliphatic imine (C=N–C) groups is 1. The Morgan fingerprint density at radius 1 is 1.30 bits per heavy atom. The summed E-state index contributed by atoms with van der Waals surface area (Å²) < 4.78 is 72.4. The van der Waals surface area contributed by atoms with Gasteiger partial charge in [-0.25, -0.2) is 18.2 Å². The van der Waals surface area contributed by atoms with Crippen LogP contribution in [0.25, 0.3) is 0 Å². The lowest BCUT2D eigenvalue weighted by Gasteiger charge is -2.18. The van der Waals surface area contributed by atoms with E-state index in [-0.39, 0.29) is 23.8 Å². The lowest BCUT2D eigenvalue weighted by molar-refractivity contribution is -0.0775. The maximum atomic E-state index is 14.4. The van der Waals surface area contributed by atoms with E-state index in [0.717, 1.165) is 24.4 Å². The Balaban J connectivity index is 2.11. The minimum Gasteiger partial charge on any atom is -0.386 e. The SMILES string of the molecule is CCN=C(N)COCC(F)(F)c1cc(NC(=O)c2cnc(C(F)F)cn2)ccc1F. The third-order valence-electron chi connectivity index (χ3n) is 3.64. The van der Waals surface area contributed by atoms with Gasteiger partial charge in [-0.3, -0.25) is 14.8 Å². The third-order valence-corrected chi connectivity index (χ3v) is 3.64. The summed E-state index contributed by atoms with van der Waals surface area (Å²) in [6.45, 7) is 0.545. The van der Waals surface area contributed by atoms with Crippen LogP contribution >= 0.6 is 0 Å². The third kappa shape index (κ3) is 6.17. The highest BCUT2D eigenvalue weighted by Gasteiger charge is 2.35. The first kappa shape index (κ1) is 23.1. The van der Waals surface area contributed by atoms with E-state index >= 15 is 0 Å². The van der Waals surface area contributed by atoms with Crippen LogP contribution < -0.4 is 11.1 Å². The summed E-state index contributed by atoms with van der Waals surface area (Å²) in [5.41, 5.74) is 3.32. The first-order valence-electron chi connectivity index (χ1n) is 8.60. The van der Waals surface area contributed by atoms with Crippen molar-refractivity contribution in [3.05, 3.63) is 53.4 Å². The van der Waals surface area contributed by atoms with Crippen molar-refractivity contribution in [2.45, 2.75) is 19.3 Å². The molecule has 0 spiro atoms. The van der Waals surface area contributed by atoms with Gasteiger partial charge in [0.25, 0.3) is 18.3 Å². The summed E-state index contributed by atoms with van der Waals surface area (Å²) in [5, 5.41) is 2.23. The van der Waals surface area contributed by atoms with Crippen LogP contribution in [-0.2, 0) is 10.7 Å². The Hall–Kier alpha value is -3.15. The van der Waals surface area contributed by atoms with Crippen LogP contribution in [0.2, 0.25) is 0 Å². The van der Waals surface area contributed by atoms with Crippen molar-refractivity contribution in [1.82, 2.24) is 9.97 Å². The smallest absolute Gasteiger partial charge is 0.298 e. The van der Waals surface area contributed by atoms with Gasteiger partial charge in [0, 0.05) is 12.2 Å². The number of hydrogen-bond donors (Lipinski definition) is 2. The molecule has 0 radical (unpaired) electrons. The van der Waals surface area contributed by atoms with Crippen molar-refractivity contribution < 1.29 is 31.5 Å². The molecule has 162 valence electrons. The zero-order valence-electron chi connectivity index (χ0n) is 15.7. The second-order valence-corrected chi connectivity index (χ2v) is 5.94.